The summed E-state index contributed by atoms with van der Waals surface area (Å²) in [4.78, 5) is 27.4. The molecular weight excluding hydrogens is 390 g/mol. The van der Waals surface area contributed by atoms with Crippen LogP contribution in [0.25, 0.3) is 0 Å². The third-order valence-corrected chi connectivity index (χ3v) is 6.63. The molecule has 2 heterocycles. The van der Waals surface area contributed by atoms with Gasteiger partial charge in [0.1, 0.15) is 0 Å². The van der Waals surface area contributed by atoms with Crippen molar-refractivity contribution < 1.29 is 14.3 Å². The molecule has 0 aromatic carbocycles. The van der Waals surface area contributed by atoms with E-state index in [9.17, 15) is 9.59 Å². The molecule has 4 nitrogen and oxygen atoms in total. The summed E-state index contributed by atoms with van der Waals surface area (Å²) >= 11 is 5.17. The number of dihydropyridines is 1. The van der Waals surface area contributed by atoms with Crippen LogP contribution in [-0.2, 0) is 14.3 Å². The maximum atomic E-state index is 12.7. The van der Waals surface area contributed by atoms with E-state index in [0.717, 1.165) is 44.0 Å². The minimum Gasteiger partial charge on any atom is -0.463 e. The number of nitrogens with one attached hydrogen (secondary N) is 1. The Morgan fingerprint density at radius 2 is 2.17 bits per heavy atom. The van der Waals surface area contributed by atoms with Crippen molar-refractivity contribution in [2.45, 2.75) is 46.0 Å². The van der Waals surface area contributed by atoms with Gasteiger partial charge in [0.15, 0.2) is 5.78 Å². The molecule has 1 aromatic rings. The van der Waals surface area contributed by atoms with Crippen molar-refractivity contribution in [1.29, 1.82) is 0 Å². The molecule has 1 aliphatic heterocycles. The summed E-state index contributed by atoms with van der Waals surface area (Å²) in [5.41, 5.74) is 3.04. The summed E-state index contributed by atoms with van der Waals surface area (Å²) < 4.78 is 6.28. The van der Waals surface area contributed by atoms with Gasteiger partial charge in [0, 0.05) is 37.6 Å². The lowest BCUT2D eigenvalue weighted by atomic mass is 9.78. The van der Waals surface area contributed by atoms with Gasteiger partial charge in [-0.2, -0.15) is 0 Å². The summed E-state index contributed by atoms with van der Waals surface area (Å²) in [7, 11) is 0. The molecule has 1 N–H and O–H groups in total. The van der Waals surface area contributed by atoms with Gasteiger partial charge in [-0.15, -0.1) is 11.3 Å². The zero-order valence-electron chi connectivity index (χ0n) is 14.0. The highest BCUT2D eigenvalue weighted by molar-refractivity contribution is 9.10. The molecular formula is C18H20BrNO3S. The lowest BCUT2D eigenvalue weighted by molar-refractivity contribution is -0.138. The van der Waals surface area contributed by atoms with Crippen molar-refractivity contribution in [2.24, 2.45) is 0 Å². The van der Waals surface area contributed by atoms with Crippen LogP contribution in [0.5, 0.6) is 0 Å². The number of carbonyl (C=O) groups excluding carboxylic acids is 2. The number of Topliss-reactive ketones (excluding diaryl/α,β-unsaturated/α-hetero) is 1. The second-order valence-corrected chi connectivity index (χ2v) is 8.18. The van der Waals surface area contributed by atoms with Gasteiger partial charge < -0.3 is 10.1 Å². The number of halogens is 1. The van der Waals surface area contributed by atoms with Crippen LogP contribution in [-0.4, -0.2) is 18.4 Å². The summed E-state index contributed by atoms with van der Waals surface area (Å²) in [6, 6.07) is 2.02. The zero-order valence-corrected chi connectivity index (χ0v) is 16.4. The quantitative estimate of drug-likeness (QED) is 0.753. The Bertz CT molecular complexity index is 756. The van der Waals surface area contributed by atoms with Crippen molar-refractivity contribution in [3.8, 4) is 0 Å². The number of allylic oxidation sites excluding steroid dienone is 3. The maximum absolute atomic E-state index is 12.7. The SMILES string of the molecule is CCOC(=O)C1=C(C)NC2=C(C(=O)CCC2)[C@@H]1c1cc(Br)c(C)s1. The molecule has 0 saturated heterocycles. The monoisotopic (exact) mass is 409 g/mol. The summed E-state index contributed by atoms with van der Waals surface area (Å²) in [5.74, 6) is -0.548. The predicted octanol–water partition coefficient (Wildman–Crippen LogP) is 4.35. The van der Waals surface area contributed by atoms with E-state index in [1.807, 2.05) is 19.9 Å². The largest absolute Gasteiger partial charge is 0.463 e. The Balaban J connectivity index is 2.17. The summed E-state index contributed by atoms with van der Waals surface area (Å²) in [6.07, 6.45) is 2.24. The van der Waals surface area contributed by atoms with Gasteiger partial charge in [-0.25, -0.2) is 4.79 Å². The van der Waals surface area contributed by atoms with E-state index in [4.69, 9.17) is 4.74 Å². The predicted molar refractivity (Wildman–Crippen MR) is 97.8 cm³/mol. The van der Waals surface area contributed by atoms with Crippen LogP contribution >= 0.6 is 27.3 Å². The Labute approximate surface area is 154 Å². The third kappa shape index (κ3) is 2.97. The zero-order chi connectivity index (χ0) is 17.4. The number of hydrogen-bond acceptors (Lipinski definition) is 5. The first kappa shape index (κ1) is 17.4. The van der Waals surface area contributed by atoms with E-state index in [-0.39, 0.29) is 17.7 Å². The molecule has 0 saturated carbocycles. The first-order valence-electron chi connectivity index (χ1n) is 8.11. The number of ketones is 1. The number of rotatable bonds is 3. The van der Waals surface area contributed by atoms with E-state index in [1.165, 1.54) is 0 Å². The van der Waals surface area contributed by atoms with Gasteiger partial charge >= 0.3 is 5.97 Å². The van der Waals surface area contributed by atoms with Gasteiger partial charge in [0.2, 0.25) is 0 Å². The smallest absolute Gasteiger partial charge is 0.336 e. The number of esters is 1. The van der Waals surface area contributed by atoms with Crippen LogP contribution in [0.3, 0.4) is 0 Å². The summed E-state index contributed by atoms with van der Waals surface area (Å²) in [5, 5.41) is 3.29. The molecule has 128 valence electrons. The summed E-state index contributed by atoms with van der Waals surface area (Å²) in [6.45, 7) is 6.02. The molecule has 1 aliphatic carbocycles. The third-order valence-electron chi connectivity index (χ3n) is 4.43. The minimum atomic E-state index is -0.348. The van der Waals surface area contributed by atoms with Gasteiger partial charge in [-0.1, -0.05) is 0 Å². The number of carbonyl (C=O) groups is 2. The van der Waals surface area contributed by atoms with Crippen molar-refractivity contribution in [3.05, 3.63) is 42.8 Å². The highest BCUT2D eigenvalue weighted by Crippen LogP contribution is 2.45. The molecule has 3 rings (SSSR count). The van der Waals surface area contributed by atoms with Crippen LogP contribution in [0.4, 0.5) is 0 Å². The Morgan fingerprint density at radius 1 is 1.42 bits per heavy atom. The molecule has 0 spiro atoms. The van der Waals surface area contributed by atoms with Crippen LogP contribution in [0.15, 0.2) is 33.1 Å². The highest BCUT2D eigenvalue weighted by atomic mass is 79.9. The molecule has 6 heteroatoms. The van der Waals surface area contributed by atoms with Gasteiger partial charge in [-0.05, 0) is 55.6 Å². The highest BCUT2D eigenvalue weighted by Gasteiger charge is 2.39. The molecule has 1 aromatic heterocycles. The second kappa shape index (κ2) is 6.84. The molecule has 1 atom stereocenters. The standard InChI is InChI=1S/C18H20BrNO3S/c1-4-23-18(22)15-9(2)20-12-6-5-7-13(21)16(12)17(15)14-8-11(19)10(3)24-14/h8,17,20H,4-7H2,1-3H3/t17-/m1/s1. The first-order valence-corrected chi connectivity index (χ1v) is 9.72. The molecule has 0 radical (unpaired) electrons. The van der Waals surface area contributed by atoms with E-state index < -0.39 is 0 Å². The number of ether oxygens (including phenoxy) is 1. The van der Waals surface area contributed by atoms with Gasteiger partial charge in [-0.3, -0.25) is 4.79 Å². The average molecular weight is 410 g/mol. The van der Waals surface area contributed by atoms with Gasteiger partial charge in [0.25, 0.3) is 0 Å². The van der Waals surface area contributed by atoms with E-state index >= 15 is 0 Å². The average Bonchev–Trinajstić information content (AvgIpc) is 2.85. The Morgan fingerprint density at radius 3 is 2.79 bits per heavy atom. The van der Waals surface area contributed by atoms with Crippen molar-refractivity contribution in [2.75, 3.05) is 6.61 Å². The Kier molecular flexibility index (Phi) is 4.97. The van der Waals surface area contributed by atoms with Crippen LogP contribution in [0, 0.1) is 6.92 Å². The Hall–Kier alpha value is -1.40. The fourth-order valence-electron chi connectivity index (χ4n) is 3.37. The lowest BCUT2D eigenvalue weighted by Crippen LogP contribution is -2.34. The van der Waals surface area contributed by atoms with Crippen LogP contribution < -0.4 is 5.32 Å². The number of hydrogen-bond donors (Lipinski definition) is 1. The fourth-order valence-corrected chi connectivity index (χ4v) is 5.05. The van der Waals surface area contributed by atoms with Crippen molar-refractivity contribution in [3.63, 3.8) is 0 Å². The molecule has 0 fully saturated rings. The maximum Gasteiger partial charge on any atom is 0.336 e. The topological polar surface area (TPSA) is 55.4 Å². The molecule has 24 heavy (non-hydrogen) atoms. The molecule has 2 aliphatic rings. The van der Waals surface area contributed by atoms with E-state index in [2.05, 4.69) is 21.2 Å². The van der Waals surface area contributed by atoms with Crippen molar-refractivity contribution >= 4 is 39.0 Å². The van der Waals surface area contributed by atoms with Crippen LogP contribution in [0.1, 0.15) is 48.8 Å². The van der Waals surface area contributed by atoms with E-state index in [0.29, 0.717) is 18.6 Å². The number of thiophene rings is 1. The fraction of sp³-hybridized carbons (Fsp3) is 0.444. The van der Waals surface area contributed by atoms with Gasteiger partial charge in [0.05, 0.1) is 18.1 Å². The second-order valence-electron chi connectivity index (χ2n) is 6.04. The van der Waals surface area contributed by atoms with E-state index in [1.54, 1.807) is 18.3 Å². The van der Waals surface area contributed by atoms with Crippen LogP contribution in [0.2, 0.25) is 0 Å². The molecule has 0 bridgehead atoms. The number of aryl methyl sites for hydroxylation is 1. The molecule has 0 amide bonds. The lowest BCUT2D eigenvalue weighted by Gasteiger charge is -2.33. The normalized spacial score (nSPS) is 20.8. The minimum absolute atomic E-state index is 0.130. The molecule has 0 unspecified atom stereocenters. The van der Waals surface area contributed by atoms with Crippen molar-refractivity contribution in [1.82, 2.24) is 5.32 Å². The first-order chi connectivity index (χ1) is 11.4.